The van der Waals surface area contributed by atoms with Crippen molar-refractivity contribution in [2.75, 3.05) is 0 Å². The van der Waals surface area contributed by atoms with Crippen LogP contribution in [0.4, 0.5) is 8.78 Å². The summed E-state index contributed by atoms with van der Waals surface area (Å²) in [7, 11) is 0. The van der Waals surface area contributed by atoms with E-state index in [0.717, 1.165) is 6.07 Å². The minimum Gasteiger partial charge on any atom is -0.506 e. The maximum atomic E-state index is 12.1. The van der Waals surface area contributed by atoms with Gasteiger partial charge in [0.05, 0.1) is 5.02 Å². The maximum absolute atomic E-state index is 12.1. The summed E-state index contributed by atoms with van der Waals surface area (Å²) in [5.41, 5.74) is -1.70. The molecule has 0 spiro atoms. The van der Waals surface area contributed by atoms with E-state index >= 15 is 0 Å². The Hall–Kier alpha value is -1.43. The molecule has 0 saturated carbocycles. The Morgan fingerprint density at radius 3 is 2.57 bits per heavy atom. The van der Waals surface area contributed by atoms with Gasteiger partial charge in [0.25, 0.3) is 6.43 Å². The first-order valence-corrected chi connectivity index (χ1v) is 3.72. The number of carboxylic acid groups (broad SMARTS) is 1. The lowest BCUT2D eigenvalue weighted by Gasteiger charge is -2.04. The van der Waals surface area contributed by atoms with Gasteiger partial charge in [-0.25, -0.2) is 18.6 Å². The molecule has 0 fully saturated rings. The van der Waals surface area contributed by atoms with Gasteiger partial charge in [0.1, 0.15) is 11.4 Å². The van der Waals surface area contributed by atoms with Crippen LogP contribution in [0.25, 0.3) is 0 Å². The molecule has 1 rings (SSSR count). The minimum atomic E-state index is -3.05. The van der Waals surface area contributed by atoms with Crippen molar-refractivity contribution >= 4 is 17.6 Å². The van der Waals surface area contributed by atoms with Crippen molar-refractivity contribution in [2.24, 2.45) is 0 Å². The molecule has 0 atom stereocenters. The third kappa shape index (κ3) is 1.90. The molecule has 76 valence electrons. The number of carbonyl (C=O) groups is 1. The zero-order valence-corrected chi connectivity index (χ0v) is 7.29. The summed E-state index contributed by atoms with van der Waals surface area (Å²) in [6.45, 7) is 0. The number of aromatic carboxylic acids is 1. The fourth-order valence-electron chi connectivity index (χ4n) is 0.804. The zero-order valence-electron chi connectivity index (χ0n) is 6.54. The summed E-state index contributed by atoms with van der Waals surface area (Å²) in [4.78, 5) is 13.5. The van der Waals surface area contributed by atoms with Gasteiger partial charge in [-0.15, -0.1) is 0 Å². The van der Waals surface area contributed by atoms with E-state index in [1.54, 1.807) is 0 Å². The standard InChI is InChI=1S/C7H4ClF2NO3/c8-2-1-3(12)5(6(9)10)11-4(2)7(13)14/h1,6,12H,(H,13,14). The van der Waals surface area contributed by atoms with E-state index in [2.05, 4.69) is 4.98 Å². The quantitative estimate of drug-likeness (QED) is 0.805. The van der Waals surface area contributed by atoms with Crippen molar-refractivity contribution in [3.63, 3.8) is 0 Å². The highest BCUT2D eigenvalue weighted by molar-refractivity contribution is 6.33. The number of hydrogen-bond acceptors (Lipinski definition) is 3. The molecule has 0 unspecified atom stereocenters. The molecule has 0 aromatic carbocycles. The van der Waals surface area contributed by atoms with Crippen molar-refractivity contribution in [3.8, 4) is 5.75 Å². The second-order valence-electron chi connectivity index (χ2n) is 2.33. The molecule has 0 aliphatic rings. The fourth-order valence-corrected chi connectivity index (χ4v) is 1.03. The smallest absolute Gasteiger partial charge is 0.356 e. The van der Waals surface area contributed by atoms with E-state index in [4.69, 9.17) is 21.8 Å². The topological polar surface area (TPSA) is 70.4 Å². The molecular formula is C7H4ClF2NO3. The summed E-state index contributed by atoms with van der Waals surface area (Å²) in [5, 5.41) is 17.0. The predicted octanol–water partition coefficient (Wildman–Crippen LogP) is 2.08. The van der Waals surface area contributed by atoms with Gasteiger partial charge in [-0.2, -0.15) is 0 Å². The Morgan fingerprint density at radius 1 is 1.57 bits per heavy atom. The zero-order chi connectivity index (χ0) is 10.9. The normalized spacial score (nSPS) is 10.6. The van der Waals surface area contributed by atoms with Gasteiger partial charge in [-0.3, -0.25) is 0 Å². The van der Waals surface area contributed by atoms with Crippen LogP contribution in [0.2, 0.25) is 5.02 Å². The molecule has 0 bridgehead atoms. The number of halogens is 3. The van der Waals surface area contributed by atoms with Gasteiger partial charge in [0.15, 0.2) is 5.69 Å². The van der Waals surface area contributed by atoms with Crippen molar-refractivity contribution < 1.29 is 23.8 Å². The lowest BCUT2D eigenvalue weighted by atomic mass is 10.3. The molecule has 1 aromatic rings. The Bertz CT molecular complexity index is 383. The van der Waals surface area contributed by atoms with Gasteiger partial charge in [0.2, 0.25) is 0 Å². The van der Waals surface area contributed by atoms with Gasteiger partial charge in [0, 0.05) is 6.07 Å². The third-order valence-electron chi connectivity index (χ3n) is 1.39. The van der Waals surface area contributed by atoms with Gasteiger partial charge < -0.3 is 10.2 Å². The summed E-state index contributed by atoms with van der Waals surface area (Å²) in [6, 6.07) is 0.722. The largest absolute Gasteiger partial charge is 0.506 e. The number of pyridine rings is 1. The monoisotopic (exact) mass is 223 g/mol. The number of aromatic hydroxyl groups is 1. The van der Waals surface area contributed by atoms with Crippen molar-refractivity contribution in [3.05, 3.63) is 22.5 Å². The molecule has 0 aliphatic carbocycles. The maximum Gasteiger partial charge on any atom is 0.356 e. The van der Waals surface area contributed by atoms with Crippen LogP contribution in [0, 0.1) is 0 Å². The van der Waals surface area contributed by atoms with E-state index in [0.29, 0.717) is 0 Å². The molecule has 1 aromatic heterocycles. The number of aromatic nitrogens is 1. The highest BCUT2D eigenvalue weighted by Gasteiger charge is 2.20. The van der Waals surface area contributed by atoms with Crippen molar-refractivity contribution in [1.29, 1.82) is 0 Å². The van der Waals surface area contributed by atoms with Crippen LogP contribution in [0.1, 0.15) is 22.6 Å². The molecular weight excluding hydrogens is 220 g/mol. The first kappa shape index (κ1) is 10.6. The van der Waals surface area contributed by atoms with Crippen LogP contribution in [-0.2, 0) is 0 Å². The third-order valence-corrected chi connectivity index (χ3v) is 1.68. The molecule has 14 heavy (non-hydrogen) atoms. The van der Waals surface area contributed by atoms with E-state index < -0.39 is 29.5 Å². The highest BCUT2D eigenvalue weighted by Crippen LogP contribution is 2.30. The van der Waals surface area contributed by atoms with Crippen LogP contribution in [0.3, 0.4) is 0 Å². The van der Waals surface area contributed by atoms with Gasteiger partial charge in [-0.1, -0.05) is 11.6 Å². The van der Waals surface area contributed by atoms with Crippen LogP contribution >= 0.6 is 11.6 Å². The van der Waals surface area contributed by atoms with Gasteiger partial charge >= 0.3 is 5.97 Å². The average Bonchev–Trinajstić information content (AvgIpc) is 2.02. The minimum absolute atomic E-state index is 0.389. The predicted molar refractivity (Wildman–Crippen MR) is 42.8 cm³/mol. The Labute approximate surface area is 81.8 Å². The lowest BCUT2D eigenvalue weighted by molar-refractivity contribution is 0.0688. The fraction of sp³-hybridized carbons (Fsp3) is 0.143. The van der Waals surface area contributed by atoms with Crippen molar-refractivity contribution in [1.82, 2.24) is 4.98 Å². The first-order chi connectivity index (χ1) is 6.43. The lowest BCUT2D eigenvalue weighted by Crippen LogP contribution is -2.04. The van der Waals surface area contributed by atoms with E-state index in [9.17, 15) is 13.6 Å². The number of hydrogen-bond donors (Lipinski definition) is 2. The second-order valence-corrected chi connectivity index (χ2v) is 2.74. The Balaban J connectivity index is 3.34. The van der Waals surface area contributed by atoms with Crippen LogP contribution in [0.15, 0.2) is 6.07 Å². The molecule has 7 heteroatoms. The van der Waals surface area contributed by atoms with Crippen LogP contribution in [0.5, 0.6) is 5.75 Å². The molecule has 0 amide bonds. The highest BCUT2D eigenvalue weighted by atomic mass is 35.5. The summed E-state index contributed by atoms with van der Waals surface area (Å²) < 4.78 is 24.3. The molecule has 2 N–H and O–H groups in total. The molecule has 0 radical (unpaired) electrons. The molecule has 0 saturated heterocycles. The Kier molecular flexibility index (Phi) is 2.85. The van der Waals surface area contributed by atoms with E-state index in [1.807, 2.05) is 0 Å². The summed E-state index contributed by atoms with van der Waals surface area (Å²) in [5.74, 6) is -2.35. The average molecular weight is 224 g/mol. The molecule has 0 aliphatic heterocycles. The molecule has 4 nitrogen and oxygen atoms in total. The van der Waals surface area contributed by atoms with Gasteiger partial charge in [-0.05, 0) is 0 Å². The van der Waals surface area contributed by atoms with Crippen molar-refractivity contribution in [2.45, 2.75) is 6.43 Å². The number of nitrogens with zero attached hydrogens (tertiary/aromatic N) is 1. The number of rotatable bonds is 2. The summed E-state index contributed by atoms with van der Waals surface area (Å²) in [6.07, 6.45) is -3.05. The second kappa shape index (κ2) is 3.75. The molecule has 1 heterocycles. The van der Waals surface area contributed by atoms with E-state index in [1.165, 1.54) is 0 Å². The number of alkyl halides is 2. The van der Waals surface area contributed by atoms with E-state index in [-0.39, 0.29) is 5.02 Å². The van der Waals surface area contributed by atoms with Crippen LogP contribution in [-0.4, -0.2) is 21.2 Å². The summed E-state index contributed by atoms with van der Waals surface area (Å²) >= 11 is 5.35. The SMILES string of the molecule is O=C(O)c1nc(C(F)F)c(O)cc1Cl. The Morgan fingerprint density at radius 2 is 2.14 bits per heavy atom. The number of carboxylic acids is 1. The van der Waals surface area contributed by atoms with Crippen LogP contribution < -0.4 is 0 Å². The first-order valence-electron chi connectivity index (χ1n) is 3.34.